The Morgan fingerprint density at radius 1 is 1.18 bits per heavy atom. The zero-order valence-electron chi connectivity index (χ0n) is 12.2. The van der Waals surface area contributed by atoms with Crippen molar-refractivity contribution in [3.8, 4) is 0 Å². The Balaban J connectivity index is 2.11. The molecular formula is C16H17BrN2O2S. The Morgan fingerprint density at radius 2 is 1.86 bits per heavy atom. The second-order valence-electron chi connectivity index (χ2n) is 5.49. The molecule has 0 saturated heterocycles. The van der Waals surface area contributed by atoms with Gasteiger partial charge in [-0.3, -0.25) is 4.31 Å². The fourth-order valence-electron chi connectivity index (χ4n) is 2.67. The largest absolute Gasteiger partial charge is 0.324 e. The van der Waals surface area contributed by atoms with Gasteiger partial charge < -0.3 is 5.73 Å². The van der Waals surface area contributed by atoms with E-state index < -0.39 is 10.0 Å². The maximum absolute atomic E-state index is 12.9. The average Bonchev–Trinajstić information content (AvgIpc) is 2.47. The average molecular weight is 381 g/mol. The molecule has 0 aromatic heterocycles. The van der Waals surface area contributed by atoms with Crippen molar-refractivity contribution in [1.29, 1.82) is 0 Å². The summed E-state index contributed by atoms with van der Waals surface area (Å²) in [4.78, 5) is 0.305. The number of halogens is 1. The van der Waals surface area contributed by atoms with Crippen LogP contribution in [-0.4, -0.2) is 15.0 Å². The molecule has 0 amide bonds. The smallest absolute Gasteiger partial charge is 0.264 e. The number of benzene rings is 2. The molecule has 1 heterocycles. The maximum Gasteiger partial charge on any atom is 0.264 e. The number of hydrogen-bond donors (Lipinski definition) is 1. The van der Waals surface area contributed by atoms with E-state index in [-0.39, 0.29) is 6.04 Å². The Hall–Kier alpha value is -1.37. The molecule has 6 heteroatoms. The first-order valence-electron chi connectivity index (χ1n) is 7.04. The molecule has 0 radical (unpaired) electrons. The number of rotatable bonds is 2. The Labute approximate surface area is 139 Å². The third-order valence-electron chi connectivity index (χ3n) is 3.91. The number of nitrogens with zero attached hydrogens (tertiary/aromatic N) is 1. The fraction of sp³-hybridized carbons (Fsp3) is 0.250. The summed E-state index contributed by atoms with van der Waals surface area (Å²) >= 11 is 3.41. The van der Waals surface area contributed by atoms with E-state index in [0.29, 0.717) is 23.5 Å². The second-order valence-corrected chi connectivity index (χ2v) is 8.27. The SMILES string of the molecule is Cc1ccc(S(=O)(=O)N2CCC(N)c3ccc(Br)cc32)cc1. The van der Waals surface area contributed by atoms with Gasteiger partial charge in [-0.05, 0) is 43.2 Å². The van der Waals surface area contributed by atoms with Crippen LogP contribution in [0.25, 0.3) is 0 Å². The van der Waals surface area contributed by atoms with Crippen molar-refractivity contribution in [2.75, 3.05) is 10.8 Å². The van der Waals surface area contributed by atoms with Crippen molar-refractivity contribution in [2.24, 2.45) is 5.73 Å². The minimum absolute atomic E-state index is 0.132. The molecule has 22 heavy (non-hydrogen) atoms. The van der Waals surface area contributed by atoms with Crippen molar-refractivity contribution in [3.63, 3.8) is 0 Å². The first-order chi connectivity index (χ1) is 10.4. The molecule has 1 aliphatic rings. The van der Waals surface area contributed by atoms with Gasteiger partial charge in [-0.25, -0.2) is 8.42 Å². The number of nitrogens with two attached hydrogens (primary N) is 1. The second kappa shape index (κ2) is 5.68. The summed E-state index contributed by atoms with van der Waals surface area (Å²) in [6.45, 7) is 2.32. The summed E-state index contributed by atoms with van der Waals surface area (Å²) in [7, 11) is -3.58. The summed E-state index contributed by atoms with van der Waals surface area (Å²) in [6.07, 6.45) is 0.611. The normalized spacial score (nSPS) is 18.1. The van der Waals surface area contributed by atoms with Gasteiger partial charge in [0.05, 0.1) is 10.6 Å². The standard InChI is InChI=1S/C16H17BrN2O2S/c1-11-2-5-13(6-3-11)22(20,21)19-9-8-15(18)14-7-4-12(17)10-16(14)19/h2-7,10,15H,8-9,18H2,1H3. The van der Waals surface area contributed by atoms with Gasteiger partial charge in [0.15, 0.2) is 0 Å². The maximum atomic E-state index is 12.9. The molecular weight excluding hydrogens is 364 g/mol. The van der Waals surface area contributed by atoms with Gasteiger partial charge >= 0.3 is 0 Å². The summed E-state index contributed by atoms with van der Waals surface area (Å²) < 4.78 is 28.2. The summed E-state index contributed by atoms with van der Waals surface area (Å²) in [5.41, 5.74) is 8.68. The van der Waals surface area contributed by atoms with E-state index in [0.717, 1.165) is 15.6 Å². The van der Waals surface area contributed by atoms with E-state index in [1.165, 1.54) is 4.31 Å². The van der Waals surface area contributed by atoms with Gasteiger partial charge in [0, 0.05) is 17.1 Å². The highest BCUT2D eigenvalue weighted by molar-refractivity contribution is 9.10. The van der Waals surface area contributed by atoms with Gasteiger partial charge in [0.1, 0.15) is 0 Å². The number of anilines is 1. The van der Waals surface area contributed by atoms with E-state index in [2.05, 4.69) is 15.9 Å². The van der Waals surface area contributed by atoms with Crippen molar-refractivity contribution in [3.05, 3.63) is 58.1 Å². The lowest BCUT2D eigenvalue weighted by atomic mass is 9.99. The van der Waals surface area contributed by atoms with Crippen LogP contribution in [0.2, 0.25) is 0 Å². The first-order valence-corrected chi connectivity index (χ1v) is 9.27. The Morgan fingerprint density at radius 3 is 2.55 bits per heavy atom. The summed E-state index contributed by atoms with van der Waals surface area (Å²) in [6, 6.07) is 12.4. The topological polar surface area (TPSA) is 63.4 Å². The van der Waals surface area contributed by atoms with Crippen LogP contribution in [0.1, 0.15) is 23.6 Å². The van der Waals surface area contributed by atoms with E-state index >= 15 is 0 Å². The highest BCUT2D eigenvalue weighted by Gasteiger charge is 2.31. The van der Waals surface area contributed by atoms with Gasteiger partial charge in [-0.15, -0.1) is 0 Å². The fourth-order valence-corrected chi connectivity index (χ4v) is 4.51. The summed E-state index contributed by atoms with van der Waals surface area (Å²) in [5, 5.41) is 0. The third-order valence-corrected chi connectivity index (χ3v) is 6.23. The molecule has 0 aliphatic carbocycles. The monoisotopic (exact) mass is 380 g/mol. The van der Waals surface area contributed by atoms with Crippen molar-refractivity contribution in [1.82, 2.24) is 0 Å². The first kappa shape index (κ1) is 15.5. The molecule has 0 bridgehead atoms. The van der Waals surface area contributed by atoms with Crippen molar-refractivity contribution in [2.45, 2.75) is 24.3 Å². The van der Waals surface area contributed by atoms with Gasteiger partial charge in [0.2, 0.25) is 0 Å². The Bertz CT molecular complexity index is 803. The highest BCUT2D eigenvalue weighted by Crippen LogP contribution is 2.37. The van der Waals surface area contributed by atoms with Crippen molar-refractivity contribution < 1.29 is 8.42 Å². The van der Waals surface area contributed by atoms with Crippen LogP contribution in [0.3, 0.4) is 0 Å². The molecule has 3 rings (SSSR count). The molecule has 1 atom stereocenters. The molecule has 2 aromatic rings. The van der Waals surface area contributed by atoms with Crippen molar-refractivity contribution >= 4 is 31.6 Å². The van der Waals surface area contributed by atoms with Crippen LogP contribution >= 0.6 is 15.9 Å². The number of sulfonamides is 1. The van der Waals surface area contributed by atoms with E-state index in [9.17, 15) is 8.42 Å². The predicted octanol–water partition coefficient (Wildman–Crippen LogP) is 3.36. The molecule has 1 aliphatic heterocycles. The van der Waals surface area contributed by atoms with Crippen LogP contribution in [-0.2, 0) is 10.0 Å². The Kier molecular flexibility index (Phi) is 4.01. The summed E-state index contributed by atoms with van der Waals surface area (Å²) in [5.74, 6) is 0. The number of hydrogen-bond acceptors (Lipinski definition) is 3. The number of fused-ring (bicyclic) bond motifs is 1. The van der Waals surface area contributed by atoms with Crippen LogP contribution in [0.5, 0.6) is 0 Å². The van der Waals surface area contributed by atoms with Crippen LogP contribution in [0, 0.1) is 6.92 Å². The lowest BCUT2D eigenvalue weighted by molar-refractivity contribution is 0.574. The molecule has 2 aromatic carbocycles. The molecule has 0 spiro atoms. The number of aryl methyl sites for hydroxylation is 1. The highest BCUT2D eigenvalue weighted by atomic mass is 79.9. The lowest BCUT2D eigenvalue weighted by Gasteiger charge is -2.33. The van der Waals surface area contributed by atoms with E-state index in [1.54, 1.807) is 12.1 Å². The zero-order chi connectivity index (χ0) is 15.9. The quantitative estimate of drug-likeness (QED) is 0.868. The lowest BCUT2D eigenvalue weighted by Crippen LogP contribution is -2.38. The molecule has 4 nitrogen and oxygen atoms in total. The zero-order valence-corrected chi connectivity index (χ0v) is 14.6. The van der Waals surface area contributed by atoms with Crippen LogP contribution < -0.4 is 10.0 Å². The minimum atomic E-state index is -3.58. The van der Waals surface area contributed by atoms with Crippen LogP contribution in [0.15, 0.2) is 51.8 Å². The third kappa shape index (κ3) is 2.66. The van der Waals surface area contributed by atoms with E-state index in [1.807, 2.05) is 37.3 Å². The molecule has 116 valence electrons. The molecule has 0 saturated carbocycles. The van der Waals surface area contributed by atoms with Gasteiger partial charge in [-0.2, -0.15) is 0 Å². The molecule has 2 N–H and O–H groups in total. The van der Waals surface area contributed by atoms with Gasteiger partial charge in [-0.1, -0.05) is 39.7 Å². The van der Waals surface area contributed by atoms with Gasteiger partial charge in [0.25, 0.3) is 10.0 Å². The predicted molar refractivity (Wildman–Crippen MR) is 91.4 cm³/mol. The molecule has 1 unspecified atom stereocenters. The molecule has 0 fully saturated rings. The minimum Gasteiger partial charge on any atom is -0.324 e. The van der Waals surface area contributed by atoms with Crippen LogP contribution in [0.4, 0.5) is 5.69 Å². The van der Waals surface area contributed by atoms with E-state index in [4.69, 9.17) is 5.73 Å².